The molecular formula is C12H9N3O. The predicted octanol–water partition coefficient (Wildman–Crippen LogP) is 2.53. The molecule has 16 heavy (non-hydrogen) atoms. The molecule has 0 saturated heterocycles. The molecule has 4 nitrogen and oxygen atoms in total. The van der Waals surface area contributed by atoms with Crippen LogP contribution in [0.5, 0.6) is 0 Å². The summed E-state index contributed by atoms with van der Waals surface area (Å²) in [6.07, 6.45) is 8.54. The molecule has 3 rings (SSSR count). The second-order valence-electron chi connectivity index (χ2n) is 3.35. The Hall–Kier alpha value is -2.36. The molecule has 0 radical (unpaired) electrons. The summed E-state index contributed by atoms with van der Waals surface area (Å²) in [5.74, 6) is 0.754. The van der Waals surface area contributed by atoms with E-state index in [1.54, 1.807) is 18.7 Å². The topological polar surface area (TPSA) is 43.9 Å². The van der Waals surface area contributed by atoms with Crippen molar-refractivity contribution in [3.8, 4) is 17.0 Å². The average Bonchev–Trinajstić information content (AvgIpc) is 3.03. The van der Waals surface area contributed by atoms with Crippen LogP contribution in [0.4, 0.5) is 0 Å². The molecule has 0 amide bonds. The van der Waals surface area contributed by atoms with Gasteiger partial charge in [0.2, 0.25) is 0 Å². The highest BCUT2D eigenvalue weighted by Gasteiger charge is 2.08. The van der Waals surface area contributed by atoms with Crippen LogP contribution in [-0.4, -0.2) is 14.5 Å². The molecule has 0 saturated carbocycles. The molecule has 0 spiro atoms. The Morgan fingerprint density at radius 2 is 2.06 bits per heavy atom. The van der Waals surface area contributed by atoms with Crippen LogP contribution in [0.25, 0.3) is 17.0 Å². The average molecular weight is 211 g/mol. The second kappa shape index (κ2) is 3.66. The highest BCUT2D eigenvalue weighted by molar-refractivity contribution is 5.68. The Labute approximate surface area is 92.2 Å². The van der Waals surface area contributed by atoms with E-state index in [1.807, 2.05) is 35.0 Å². The van der Waals surface area contributed by atoms with E-state index < -0.39 is 0 Å². The smallest absolute Gasteiger partial charge is 0.181 e. The van der Waals surface area contributed by atoms with Crippen molar-refractivity contribution in [3.63, 3.8) is 0 Å². The maximum Gasteiger partial charge on any atom is 0.181 e. The third-order valence-corrected chi connectivity index (χ3v) is 2.38. The molecular weight excluding hydrogens is 202 g/mol. The monoisotopic (exact) mass is 211 g/mol. The van der Waals surface area contributed by atoms with Crippen LogP contribution in [0.3, 0.4) is 0 Å². The zero-order valence-electron chi connectivity index (χ0n) is 8.45. The van der Waals surface area contributed by atoms with Gasteiger partial charge in [0.05, 0.1) is 18.2 Å². The molecule has 0 aliphatic carbocycles. The summed E-state index contributed by atoms with van der Waals surface area (Å²) in [7, 11) is 0. The highest BCUT2D eigenvalue weighted by Crippen LogP contribution is 2.25. The predicted molar refractivity (Wildman–Crippen MR) is 59.1 cm³/mol. The molecule has 78 valence electrons. The fourth-order valence-corrected chi connectivity index (χ4v) is 1.66. The van der Waals surface area contributed by atoms with Gasteiger partial charge in [0.15, 0.2) is 12.2 Å². The summed E-state index contributed by atoms with van der Waals surface area (Å²) >= 11 is 0. The molecule has 0 unspecified atom stereocenters. The first-order chi connectivity index (χ1) is 7.95. The lowest BCUT2D eigenvalue weighted by Gasteiger charge is -2.06. The van der Waals surface area contributed by atoms with E-state index in [-0.39, 0.29) is 0 Å². The van der Waals surface area contributed by atoms with E-state index in [9.17, 15) is 0 Å². The Morgan fingerprint density at radius 1 is 1.12 bits per heavy atom. The van der Waals surface area contributed by atoms with Gasteiger partial charge in [-0.15, -0.1) is 0 Å². The molecule has 3 aromatic rings. The molecule has 0 fully saturated rings. The number of benzene rings is 1. The summed E-state index contributed by atoms with van der Waals surface area (Å²) in [6.45, 7) is 0. The van der Waals surface area contributed by atoms with Crippen LogP contribution in [0.1, 0.15) is 0 Å². The van der Waals surface area contributed by atoms with E-state index in [0.29, 0.717) is 0 Å². The molecule has 0 bridgehead atoms. The molecule has 0 N–H and O–H groups in total. The summed E-state index contributed by atoms with van der Waals surface area (Å²) in [5, 5.41) is 0. The fraction of sp³-hybridized carbons (Fsp3) is 0. The number of imidazole rings is 1. The normalized spacial score (nSPS) is 10.5. The molecule has 0 aliphatic heterocycles. The van der Waals surface area contributed by atoms with Gasteiger partial charge in [0, 0.05) is 18.0 Å². The molecule has 1 aromatic carbocycles. The van der Waals surface area contributed by atoms with Gasteiger partial charge in [-0.2, -0.15) is 0 Å². The van der Waals surface area contributed by atoms with Gasteiger partial charge in [-0.25, -0.2) is 9.97 Å². The lowest BCUT2D eigenvalue weighted by Crippen LogP contribution is -1.92. The standard InChI is InChI=1S/C12H9N3O/c1-2-4-11(15-6-5-13-8-15)10(3-1)12-7-14-9-16-12/h1-9H. The second-order valence-corrected chi connectivity index (χ2v) is 3.35. The maximum atomic E-state index is 5.31. The van der Waals surface area contributed by atoms with E-state index >= 15 is 0 Å². The largest absolute Gasteiger partial charge is 0.443 e. The number of oxazole rings is 1. The zero-order valence-corrected chi connectivity index (χ0v) is 8.45. The molecule has 2 heterocycles. The van der Waals surface area contributed by atoms with Crippen molar-refractivity contribution in [2.45, 2.75) is 0 Å². The Balaban J connectivity index is 2.19. The molecule has 4 heteroatoms. The molecule has 0 atom stereocenters. The summed E-state index contributed by atoms with van der Waals surface area (Å²) in [6, 6.07) is 7.96. The van der Waals surface area contributed by atoms with Gasteiger partial charge in [-0.3, -0.25) is 0 Å². The van der Waals surface area contributed by atoms with Gasteiger partial charge >= 0.3 is 0 Å². The minimum atomic E-state index is 0.754. The minimum absolute atomic E-state index is 0.754. The Bertz CT molecular complexity index is 517. The van der Waals surface area contributed by atoms with Crippen molar-refractivity contribution in [3.05, 3.63) is 55.6 Å². The van der Waals surface area contributed by atoms with E-state index in [2.05, 4.69) is 9.97 Å². The minimum Gasteiger partial charge on any atom is -0.443 e. The van der Waals surface area contributed by atoms with E-state index in [4.69, 9.17) is 4.42 Å². The molecule has 0 aliphatic rings. The van der Waals surface area contributed by atoms with Gasteiger partial charge in [0.1, 0.15) is 0 Å². The Morgan fingerprint density at radius 3 is 2.81 bits per heavy atom. The van der Waals surface area contributed by atoms with Crippen molar-refractivity contribution < 1.29 is 4.42 Å². The number of rotatable bonds is 2. The lowest BCUT2D eigenvalue weighted by atomic mass is 10.1. The summed E-state index contributed by atoms with van der Waals surface area (Å²) in [5.41, 5.74) is 2.02. The van der Waals surface area contributed by atoms with Crippen molar-refractivity contribution in [2.75, 3.05) is 0 Å². The van der Waals surface area contributed by atoms with Gasteiger partial charge in [-0.05, 0) is 12.1 Å². The third-order valence-electron chi connectivity index (χ3n) is 2.38. The maximum absolute atomic E-state index is 5.31. The van der Waals surface area contributed by atoms with Crippen LogP contribution < -0.4 is 0 Å². The number of hydrogen-bond donors (Lipinski definition) is 0. The highest BCUT2D eigenvalue weighted by atomic mass is 16.3. The first-order valence-electron chi connectivity index (χ1n) is 4.91. The van der Waals surface area contributed by atoms with Crippen molar-refractivity contribution in [2.24, 2.45) is 0 Å². The molecule has 2 aromatic heterocycles. The van der Waals surface area contributed by atoms with E-state index in [1.165, 1.54) is 6.39 Å². The first kappa shape index (κ1) is 8.91. The lowest BCUT2D eigenvalue weighted by molar-refractivity contribution is 0.571. The van der Waals surface area contributed by atoms with Gasteiger partial charge < -0.3 is 8.98 Å². The van der Waals surface area contributed by atoms with Crippen LogP contribution >= 0.6 is 0 Å². The van der Waals surface area contributed by atoms with Crippen LogP contribution in [0, 0.1) is 0 Å². The number of aromatic nitrogens is 3. The first-order valence-corrected chi connectivity index (χ1v) is 4.91. The van der Waals surface area contributed by atoms with Crippen molar-refractivity contribution in [1.82, 2.24) is 14.5 Å². The van der Waals surface area contributed by atoms with Crippen LogP contribution in [0.15, 0.2) is 60.0 Å². The van der Waals surface area contributed by atoms with Crippen molar-refractivity contribution in [1.29, 1.82) is 0 Å². The number of hydrogen-bond acceptors (Lipinski definition) is 3. The SMILES string of the molecule is c1ccc(-n2ccnc2)c(-c2cnco2)c1. The fourth-order valence-electron chi connectivity index (χ4n) is 1.66. The third kappa shape index (κ3) is 1.40. The van der Waals surface area contributed by atoms with Crippen LogP contribution in [-0.2, 0) is 0 Å². The quantitative estimate of drug-likeness (QED) is 0.654. The van der Waals surface area contributed by atoms with E-state index in [0.717, 1.165) is 17.0 Å². The van der Waals surface area contributed by atoms with Crippen LogP contribution in [0.2, 0.25) is 0 Å². The van der Waals surface area contributed by atoms with Gasteiger partial charge in [0.25, 0.3) is 0 Å². The van der Waals surface area contributed by atoms with Crippen molar-refractivity contribution >= 4 is 0 Å². The number of para-hydroxylation sites is 1. The zero-order chi connectivity index (χ0) is 10.8. The number of nitrogens with zero attached hydrogens (tertiary/aromatic N) is 3. The Kier molecular flexibility index (Phi) is 2.04. The van der Waals surface area contributed by atoms with Gasteiger partial charge in [-0.1, -0.05) is 12.1 Å². The summed E-state index contributed by atoms with van der Waals surface area (Å²) in [4.78, 5) is 7.97. The summed E-state index contributed by atoms with van der Waals surface area (Å²) < 4.78 is 7.26.